The zero-order chi connectivity index (χ0) is 29.7. The third kappa shape index (κ3) is 4.48. The molecule has 4 aromatic rings. The third-order valence-electron chi connectivity index (χ3n) is 8.06. The van der Waals surface area contributed by atoms with Crippen LogP contribution in [0.1, 0.15) is 24.8 Å². The maximum atomic E-state index is 14.0. The number of nitrogens with zero attached hydrogens (tertiary/aromatic N) is 1. The van der Waals surface area contributed by atoms with E-state index in [-0.39, 0.29) is 34.0 Å². The Bertz CT molecular complexity index is 1810. The molecule has 0 N–H and O–H groups in total. The Hall–Kier alpha value is -4.37. The van der Waals surface area contributed by atoms with Crippen molar-refractivity contribution in [1.82, 2.24) is 0 Å². The molecule has 42 heavy (non-hydrogen) atoms. The number of hydrogen-bond acceptors (Lipinski definition) is 7. The smallest absolute Gasteiger partial charge is 0.238 e. The molecule has 2 heterocycles. The molecule has 1 fully saturated rings. The number of methoxy groups -OCH3 is 3. The van der Waals surface area contributed by atoms with Crippen molar-refractivity contribution in [3.63, 3.8) is 0 Å². The number of carbonyl (C=O) groups is 2. The van der Waals surface area contributed by atoms with Crippen LogP contribution in [0, 0.1) is 11.8 Å². The van der Waals surface area contributed by atoms with Gasteiger partial charge in [-0.2, -0.15) is 0 Å². The molecule has 2 aliphatic rings. The number of ether oxygens (including phenoxy) is 3. The molecule has 214 valence electrons. The lowest BCUT2D eigenvalue weighted by Gasteiger charge is -2.31. The maximum absolute atomic E-state index is 14.0. The van der Waals surface area contributed by atoms with Gasteiger partial charge in [0.1, 0.15) is 34.0 Å². The summed E-state index contributed by atoms with van der Waals surface area (Å²) in [5.74, 6) is -0.659. The molecule has 0 radical (unpaired) electrons. The number of carbonyl (C=O) groups excluding carboxylic acids is 2. The Morgan fingerprint density at radius 2 is 1.60 bits per heavy atom. The van der Waals surface area contributed by atoms with E-state index in [0.717, 1.165) is 10.0 Å². The van der Waals surface area contributed by atoms with Gasteiger partial charge >= 0.3 is 0 Å². The van der Waals surface area contributed by atoms with Gasteiger partial charge in [0.2, 0.25) is 11.8 Å². The zero-order valence-corrected chi connectivity index (χ0v) is 25.1. The van der Waals surface area contributed by atoms with E-state index in [0.29, 0.717) is 40.5 Å². The van der Waals surface area contributed by atoms with Gasteiger partial charge in [0.25, 0.3) is 0 Å². The zero-order valence-electron chi connectivity index (χ0n) is 23.5. The van der Waals surface area contributed by atoms with Crippen molar-refractivity contribution in [3.8, 4) is 28.6 Å². The van der Waals surface area contributed by atoms with Crippen molar-refractivity contribution in [3.05, 3.63) is 92.6 Å². The van der Waals surface area contributed by atoms with Crippen LogP contribution >= 0.6 is 15.9 Å². The van der Waals surface area contributed by atoms with Crippen LogP contribution in [-0.4, -0.2) is 33.1 Å². The lowest BCUT2D eigenvalue weighted by atomic mass is 9.71. The predicted octanol–water partition coefficient (Wildman–Crippen LogP) is 6.49. The molecular weight excluding hydrogens is 602 g/mol. The number of fused-ring (bicyclic) bond motifs is 2. The highest BCUT2D eigenvalue weighted by molar-refractivity contribution is 9.10. The molecule has 1 aliphatic heterocycles. The first-order chi connectivity index (χ1) is 20.2. The van der Waals surface area contributed by atoms with Gasteiger partial charge in [-0.15, -0.1) is 0 Å². The van der Waals surface area contributed by atoms with Gasteiger partial charge in [-0.3, -0.25) is 19.3 Å². The molecular formula is C33H28BrNO7. The summed E-state index contributed by atoms with van der Waals surface area (Å²) in [6.07, 6.45) is 2.45. The number of imide groups is 1. The molecule has 0 unspecified atom stereocenters. The lowest BCUT2D eigenvalue weighted by Crippen LogP contribution is -2.31. The molecule has 3 aromatic carbocycles. The minimum Gasteiger partial charge on any atom is -0.497 e. The summed E-state index contributed by atoms with van der Waals surface area (Å²) in [5, 5.41) is 0.236. The number of amides is 2. The molecule has 3 atom stereocenters. The normalized spacial score (nSPS) is 20.0. The van der Waals surface area contributed by atoms with Gasteiger partial charge in [-0.05, 0) is 61.9 Å². The highest BCUT2D eigenvalue weighted by Gasteiger charge is 2.54. The summed E-state index contributed by atoms with van der Waals surface area (Å²) in [5.41, 5.74) is 2.69. The molecule has 2 amide bonds. The first kappa shape index (κ1) is 27.8. The third-order valence-corrected chi connectivity index (χ3v) is 8.59. The fraction of sp³-hybridized carbons (Fsp3) is 0.242. The summed E-state index contributed by atoms with van der Waals surface area (Å²) >= 11 is 3.41. The summed E-state index contributed by atoms with van der Waals surface area (Å²) in [4.78, 5) is 42.6. The van der Waals surface area contributed by atoms with Gasteiger partial charge < -0.3 is 18.6 Å². The number of hydrogen-bond donors (Lipinski definition) is 0. The molecule has 9 heteroatoms. The van der Waals surface area contributed by atoms with Crippen LogP contribution in [0.5, 0.6) is 17.2 Å². The van der Waals surface area contributed by atoms with E-state index in [2.05, 4.69) is 15.9 Å². The van der Waals surface area contributed by atoms with Gasteiger partial charge in [0, 0.05) is 33.7 Å². The van der Waals surface area contributed by atoms with E-state index < -0.39 is 17.8 Å². The van der Waals surface area contributed by atoms with Crippen LogP contribution in [0.25, 0.3) is 22.3 Å². The minimum absolute atomic E-state index is 0.236. The van der Waals surface area contributed by atoms with Crippen molar-refractivity contribution in [2.24, 2.45) is 11.8 Å². The Morgan fingerprint density at radius 1 is 0.881 bits per heavy atom. The molecule has 6 rings (SSSR count). The average molecular weight is 630 g/mol. The fourth-order valence-electron chi connectivity index (χ4n) is 6.17. The Balaban J connectivity index is 1.51. The van der Waals surface area contributed by atoms with Crippen LogP contribution in [0.2, 0.25) is 0 Å². The molecule has 0 saturated carbocycles. The van der Waals surface area contributed by atoms with Crippen LogP contribution in [0.15, 0.2) is 86.0 Å². The quantitative estimate of drug-likeness (QED) is 0.178. The van der Waals surface area contributed by atoms with Crippen molar-refractivity contribution < 1.29 is 28.2 Å². The van der Waals surface area contributed by atoms with Crippen molar-refractivity contribution in [1.29, 1.82) is 0 Å². The van der Waals surface area contributed by atoms with Crippen LogP contribution in [0.4, 0.5) is 5.69 Å². The van der Waals surface area contributed by atoms with Crippen molar-refractivity contribution in [2.75, 3.05) is 26.2 Å². The van der Waals surface area contributed by atoms with E-state index in [1.54, 1.807) is 61.7 Å². The highest BCUT2D eigenvalue weighted by atomic mass is 79.9. The number of anilines is 1. The summed E-state index contributed by atoms with van der Waals surface area (Å²) in [6.45, 7) is 1.94. The van der Waals surface area contributed by atoms with Gasteiger partial charge in [0.15, 0.2) is 5.43 Å². The Morgan fingerprint density at radius 3 is 2.24 bits per heavy atom. The fourth-order valence-corrected chi connectivity index (χ4v) is 6.44. The summed E-state index contributed by atoms with van der Waals surface area (Å²) < 4.78 is 24.0. The topological polar surface area (TPSA) is 95.3 Å². The second kappa shape index (κ2) is 10.8. The first-order valence-corrected chi connectivity index (χ1v) is 14.2. The first-order valence-electron chi connectivity index (χ1n) is 13.4. The number of allylic oxidation sites excluding steroid dienone is 2. The van der Waals surface area contributed by atoms with Crippen LogP contribution in [-0.2, 0) is 9.59 Å². The van der Waals surface area contributed by atoms with Crippen molar-refractivity contribution in [2.45, 2.75) is 19.3 Å². The van der Waals surface area contributed by atoms with Crippen LogP contribution < -0.4 is 24.5 Å². The number of rotatable bonds is 6. The van der Waals surface area contributed by atoms with Gasteiger partial charge in [-0.25, -0.2) is 0 Å². The summed E-state index contributed by atoms with van der Waals surface area (Å²) in [6, 6.07) is 17.4. The van der Waals surface area contributed by atoms with Crippen molar-refractivity contribution >= 4 is 44.4 Å². The standard InChI is InChI=1S/C33H28BrNO7/c1-17-13-22(28-23(14-17)32(37)35(33(28)38)20-9-7-19(34)8-10-20)29-26(40-3)16-27-30(31(29)41-4)24(36)15-25(42-27)18-5-11-21(39-2)12-6-18/h5-13,15-16,22-23,28H,14H2,1-4H3/t22-,23-,28+/m1/s1. The molecule has 1 aromatic heterocycles. The molecule has 1 saturated heterocycles. The van der Waals surface area contributed by atoms with E-state index in [4.69, 9.17) is 18.6 Å². The largest absolute Gasteiger partial charge is 0.497 e. The highest BCUT2D eigenvalue weighted by Crippen LogP contribution is 2.52. The predicted molar refractivity (Wildman–Crippen MR) is 162 cm³/mol. The van der Waals surface area contributed by atoms with Crippen LogP contribution in [0.3, 0.4) is 0 Å². The molecule has 8 nitrogen and oxygen atoms in total. The molecule has 0 spiro atoms. The number of benzene rings is 3. The average Bonchev–Trinajstić information content (AvgIpc) is 3.24. The van der Waals surface area contributed by atoms with E-state index in [1.165, 1.54) is 25.2 Å². The SMILES string of the molecule is COc1ccc(-c2cc(=O)c3c(OC)c([C@@H]4C=C(C)C[C@H]5C(=O)N(c6ccc(Br)cc6)C(=O)[C@H]54)c(OC)cc3o2)cc1. The Kier molecular flexibility index (Phi) is 7.14. The second-order valence-electron chi connectivity index (χ2n) is 10.5. The number of halogens is 1. The van der Waals surface area contributed by atoms with E-state index in [9.17, 15) is 14.4 Å². The summed E-state index contributed by atoms with van der Waals surface area (Å²) in [7, 11) is 4.57. The van der Waals surface area contributed by atoms with Gasteiger partial charge in [0.05, 0.1) is 38.9 Å². The minimum atomic E-state index is -0.698. The maximum Gasteiger partial charge on any atom is 0.238 e. The Labute approximate surface area is 250 Å². The van der Waals surface area contributed by atoms with E-state index in [1.807, 2.05) is 13.0 Å². The monoisotopic (exact) mass is 629 g/mol. The second-order valence-corrected chi connectivity index (χ2v) is 11.4. The van der Waals surface area contributed by atoms with Gasteiger partial charge in [-0.1, -0.05) is 27.6 Å². The van der Waals surface area contributed by atoms with E-state index >= 15 is 0 Å². The molecule has 1 aliphatic carbocycles. The lowest BCUT2D eigenvalue weighted by molar-refractivity contribution is -0.122. The molecule has 0 bridgehead atoms.